The molecule has 2 aromatic carbocycles. The average Bonchev–Trinajstić information content (AvgIpc) is 3.31. The van der Waals surface area contributed by atoms with Crippen molar-refractivity contribution in [2.45, 2.75) is 20.0 Å². The molecule has 0 fully saturated rings. The van der Waals surface area contributed by atoms with E-state index in [2.05, 4.69) is 5.32 Å². The summed E-state index contributed by atoms with van der Waals surface area (Å²) in [5, 5.41) is 4.53. The molecule has 2 aromatic heterocycles. The first-order valence-electron chi connectivity index (χ1n) is 10.4. The molecule has 1 N–H and O–H groups in total. The fraction of sp³-hybridized carbons (Fsp3) is 0.208. The average molecular weight is 466 g/mol. The highest BCUT2D eigenvalue weighted by Crippen LogP contribution is 2.18. The summed E-state index contributed by atoms with van der Waals surface area (Å²) >= 11 is 1.24. The first-order chi connectivity index (χ1) is 16.0. The molecule has 0 unspecified atom stereocenters. The number of nitrogens with one attached hydrogen (secondary N) is 1. The third-order valence-electron chi connectivity index (χ3n) is 5.06. The molecule has 33 heavy (non-hydrogen) atoms. The van der Waals surface area contributed by atoms with Gasteiger partial charge < -0.3 is 14.8 Å². The number of hydrogen-bond donors (Lipinski definition) is 1. The van der Waals surface area contributed by atoms with Crippen LogP contribution in [0.15, 0.2) is 69.6 Å². The molecule has 4 rings (SSSR count). The van der Waals surface area contributed by atoms with Crippen LogP contribution in [0, 0.1) is 0 Å². The van der Waals surface area contributed by atoms with E-state index in [9.17, 15) is 14.4 Å². The number of rotatable bonds is 8. The van der Waals surface area contributed by atoms with Gasteiger partial charge in [-0.25, -0.2) is 4.79 Å². The highest BCUT2D eigenvalue weighted by molar-refractivity contribution is 7.17. The Kier molecular flexibility index (Phi) is 6.60. The monoisotopic (exact) mass is 465 g/mol. The molecule has 0 bridgehead atoms. The number of benzene rings is 2. The molecule has 8 nitrogen and oxygen atoms in total. The zero-order valence-electron chi connectivity index (χ0n) is 18.2. The largest absolute Gasteiger partial charge is 0.497 e. The lowest BCUT2D eigenvalue weighted by Gasteiger charge is -2.13. The van der Waals surface area contributed by atoms with Crippen LogP contribution >= 0.6 is 11.3 Å². The highest BCUT2D eigenvalue weighted by atomic mass is 32.1. The molecule has 2 heterocycles. The summed E-state index contributed by atoms with van der Waals surface area (Å²) in [5.41, 5.74) is 0.850. The number of hydrogen-bond acceptors (Lipinski definition) is 6. The van der Waals surface area contributed by atoms with Crippen LogP contribution in [0.5, 0.6) is 11.5 Å². The number of methoxy groups -OCH3 is 1. The molecule has 0 spiro atoms. The molecule has 4 aromatic rings. The first kappa shape index (κ1) is 22.3. The van der Waals surface area contributed by atoms with Gasteiger partial charge in [0.05, 0.1) is 25.8 Å². The summed E-state index contributed by atoms with van der Waals surface area (Å²) in [4.78, 5) is 39.0. The maximum atomic E-state index is 13.3. The fourth-order valence-corrected chi connectivity index (χ4v) is 4.37. The highest BCUT2D eigenvalue weighted by Gasteiger charge is 2.17. The lowest BCUT2D eigenvalue weighted by molar-refractivity contribution is -0.116. The Hall–Kier alpha value is -3.85. The number of carbonyl (C=O) groups excluding carboxylic acids is 1. The maximum absolute atomic E-state index is 13.3. The van der Waals surface area contributed by atoms with Crippen LogP contribution in [0.1, 0.15) is 12.5 Å². The third kappa shape index (κ3) is 4.83. The molecule has 0 saturated heterocycles. The van der Waals surface area contributed by atoms with Gasteiger partial charge in [-0.2, -0.15) is 0 Å². The SMILES string of the molecule is CCOc1ccc(NC(=O)Cn2c(=O)n(Cc3cccc(OC)c3)c(=O)c3sccc32)cc1. The second-order valence-electron chi connectivity index (χ2n) is 7.25. The Morgan fingerprint density at radius 2 is 1.82 bits per heavy atom. The second kappa shape index (κ2) is 9.74. The van der Waals surface area contributed by atoms with Gasteiger partial charge in [0, 0.05) is 5.69 Å². The molecule has 170 valence electrons. The van der Waals surface area contributed by atoms with Crippen molar-refractivity contribution >= 4 is 33.1 Å². The molecular formula is C24H23N3O5S. The minimum absolute atomic E-state index is 0.0726. The second-order valence-corrected chi connectivity index (χ2v) is 8.17. The predicted molar refractivity (Wildman–Crippen MR) is 129 cm³/mol. The number of aromatic nitrogens is 2. The lowest BCUT2D eigenvalue weighted by atomic mass is 10.2. The summed E-state index contributed by atoms with van der Waals surface area (Å²) in [6, 6.07) is 15.8. The minimum atomic E-state index is -0.546. The maximum Gasteiger partial charge on any atom is 0.332 e. The number of ether oxygens (including phenoxy) is 2. The summed E-state index contributed by atoms with van der Waals surface area (Å²) < 4.78 is 13.5. The third-order valence-corrected chi connectivity index (χ3v) is 5.95. The number of amides is 1. The van der Waals surface area contributed by atoms with Gasteiger partial charge in [-0.05, 0) is 60.3 Å². The lowest BCUT2D eigenvalue weighted by Crippen LogP contribution is -2.41. The van der Waals surface area contributed by atoms with Crippen molar-refractivity contribution in [1.82, 2.24) is 9.13 Å². The quantitative estimate of drug-likeness (QED) is 0.431. The molecule has 0 atom stereocenters. The van der Waals surface area contributed by atoms with Crippen LogP contribution in [0.4, 0.5) is 5.69 Å². The van der Waals surface area contributed by atoms with Crippen LogP contribution in [-0.2, 0) is 17.9 Å². The van der Waals surface area contributed by atoms with E-state index in [1.165, 1.54) is 15.9 Å². The zero-order valence-corrected chi connectivity index (χ0v) is 19.1. The molecule has 0 radical (unpaired) electrons. The zero-order chi connectivity index (χ0) is 23.4. The van der Waals surface area contributed by atoms with Gasteiger partial charge >= 0.3 is 5.69 Å². The van der Waals surface area contributed by atoms with Crippen LogP contribution in [-0.4, -0.2) is 28.8 Å². The van der Waals surface area contributed by atoms with Crippen molar-refractivity contribution in [1.29, 1.82) is 0 Å². The van der Waals surface area contributed by atoms with Crippen molar-refractivity contribution in [2.24, 2.45) is 0 Å². The van der Waals surface area contributed by atoms with E-state index in [-0.39, 0.29) is 24.6 Å². The number of fused-ring (bicyclic) bond motifs is 1. The van der Waals surface area contributed by atoms with Crippen molar-refractivity contribution in [3.8, 4) is 11.5 Å². The van der Waals surface area contributed by atoms with Gasteiger partial charge in [-0.15, -0.1) is 11.3 Å². The Bertz CT molecular complexity index is 1400. The van der Waals surface area contributed by atoms with Crippen LogP contribution in [0.3, 0.4) is 0 Å². The van der Waals surface area contributed by atoms with Gasteiger partial charge in [-0.3, -0.25) is 18.7 Å². The summed E-state index contributed by atoms with van der Waals surface area (Å²) in [5.74, 6) is 0.962. The molecule has 9 heteroatoms. The van der Waals surface area contributed by atoms with E-state index in [0.29, 0.717) is 34.0 Å². The molecular weight excluding hydrogens is 442 g/mol. The van der Waals surface area contributed by atoms with Gasteiger partial charge in [0.1, 0.15) is 22.7 Å². The van der Waals surface area contributed by atoms with Crippen LogP contribution < -0.4 is 26.0 Å². The standard InChI is InChI=1S/C24H23N3O5S/c1-3-32-18-9-7-17(8-10-18)25-21(28)15-26-20-11-12-33-22(20)23(29)27(24(26)30)14-16-5-4-6-19(13-16)31-2/h4-13H,3,14-15H2,1-2H3,(H,25,28). The number of carbonyl (C=O) groups is 1. The Balaban J connectivity index is 1.64. The Labute approximate surface area is 193 Å². The van der Waals surface area contributed by atoms with E-state index in [4.69, 9.17) is 9.47 Å². The summed E-state index contributed by atoms with van der Waals surface area (Å²) in [6.45, 7) is 2.30. The van der Waals surface area contributed by atoms with E-state index in [1.807, 2.05) is 13.0 Å². The smallest absolute Gasteiger partial charge is 0.332 e. The van der Waals surface area contributed by atoms with E-state index in [0.717, 1.165) is 10.1 Å². The molecule has 1 amide bonds. The summed E-state index contributed by atoms with van der Waals surface area (Å²) in [7, 11) is 1.55. The number of nitrogens with zero attached hydrogens (tertiary/aromatic N) is 2. The van der Waals surface area contributed by atoms with Crippen molar-refractivity contribution in [3.63, 3.8) is 0 Å². The molecule has 0 aliphatic carbocycles. The Morgan fingerprint density at radius 3 is 2.55 bits per heavy atom. The van der Waals surface area contributed by atoms with Gasteiger partial charge in [0.15, 0.2) is 0 Å². The van der Waals surface area contributed by atoms with Crippen LogP contribution in [0.25, 0.3) is 10.2 Å². The van der Waals surface area contributed by atoms with Gasteiger partial charge in [0.25, 0.3) is 5.56 Å². The number of anilines is 1. The minimum Gasteiger partial charge on any atom is -0.497 e. The van der Waals surface area contributed by atoms with Crippen molar-refractivity contribution < 1.29 is 14.3 Å². The van der Waals surface area contributed by atoms with E-state index in [1.54, 1.807) is 61.0 Å². The first-order valence-corrected chi connectivity index (χ1v) is 11.2. The normalized spacial score (nSPS) is 10.8. The fourth-order valence-electron chi connectivity index (χ4n) is 3.52. The molecule has 0 aliphatic rings. The summed E-state index contributed by atoms with van der Waals surface area (Å²) in [6.07, 6.45) is 0. The van der Waals surface area contributed by atoms with Gasteiger partial charge in [-0.1, -0.05) is 12.1 Å². The van der Waals surface area contributed by atoms with E-state index < -0.39 is 5.69 Å². The van der Waals surface area contributed by atoms with Crippen molar-refractivity contribution in [2.75, 3.05) is 19.0 Å². The predicted octanol–water partition coefficient (Wildman–Crippen LogP) is 3.32. The number of thiophene rings is 1. The Morgan fingerprint density at radius 1 is 1.03 bits per heavy atom. The van der Waals surface area contributed by atoms with Crippen LogP contribution in [0.2, 0.25) is 0 Å². The van der Waals surface area contributed by atoms with Crippen molar-refractivity contribution in [3.05, 3.63) is 86.4 Å². The molecule has 0 aliphatic heterocycles. The van der Waals surface area contributed by atoms with E-state index >= 15 is 0 Å². The van der Waals surface area contributed by atoms with Gasteiger partial charge in [0.2, 0.25) is 5.91 Å². The molecule has 0 saturated carbocycles. The topological polar surface area (TPSA) is 91.6 Å².